The van der Waals surface area contributed by atoms with Gasteiger partial charge in [-0.2, -0.15) is 0 Å². The van der Waals surface area contributed by atoms with Crippen molar-refractivity contribution in [3.05, 3.63) is 52.5 Å². The molecule has 2 aromatic rings. The van der Waals surface area contributed by atoms with Crippen LogP contribution in [0, 0.1) is 5.41 Å². The summed E-state index contributed by atoms with van der Waals surface area (Å²) in [5.74, 6) is 0.343. The maximum absolute atomic E-state index is 13.0. The Morgan fingerprint density at radius 2 is 2.09 bits per heavy atom. The number of pyridine rings is 1. The largest absolute Gasteiger partial charge is 0.338 e. The highest BCUT2D eigenvalue weighted by Gasteiger charge is 2.50. The number of aromatic nitrogens is 1. The zero-order valence-corrected chi connectivity index (χ0v) is 14.0. The van der Waals surface area contributed by atoms with E-state index in [-0.39, 0.29) is 5.41 Å². The van der Waals surface area contributed by atoms with Crippen LogP contribution in [-0.4, -0.2) is 40.3 Å². The van der Waals surface area contributed by atoms with Crippen molar-refractivity contribution < 1.29 is 4.79 Å². The van der Waals surface area contributed by atoms with E-state index in [0.29, 0.717) is 12.5 Å². The highest BCUT2D eigenvalue weighted by molar-refractivity contribution is 7.09. The Morgan fingerprint density at radius 1 is 1.17 bits per heavy atom. The predicted octanol–water partition coefficient (Wildman–Crippen LogP) is 2.77. The summed E-state index contributed by atoms with van der Waals surface area (Å²) in [6.07, 6.45) is 5.63. The molecule has 2 fully saturated rings. The van der Waals surface area contributed by atoms with E-state index in [0.717, 1.165) is 44.6 Å². The van der Waals surface area contributed by atoms with E-state index < -0.39 is 0 Å². The molecule has 2 aliphatic rings. The van der Waals surface area contributed by atoms with E-state index in [1.165, 1.54) is 4.88 Å². The smallest absolute Gasteiger partial charge is 0.230 e. The minimum absolute atomic E-state index is 0.139. The fourth-order valence-corrected chi connectivity index (χ4v) is 4.60. The van der Waals surface area contributed by atoms with Crippen LogP contribution in [0.2, 0.25) is 0 Å². The molecule has 2 aliphatic heterocycles. The second kappa shape index (κ2) is 6.06. The van der Waals surface area contributed by atoms with Crippen molar-refractivity contribution >= 4 is 17.2 Å². The monoisotopic (exact) mass is 327 g/mol. The van der Waals surface area contributed by atoms with Gasteiger partial charge in [0.2, 0.25) is 5.91 Å². The average Bonchev–Trinajstić information content (AvgIpc) is 3.28. The molecule has 0 saturated carbocycles. The van der Waals surface area contributed by atoms with Crippen molar-refractivity contribution in [2.75, 3.05) is 19.6 Å². The number of thiophene rings is 1. The SMILES string of the molecule is O=C1N(Cc2cccnc2)CC[C@]12CCN(Cc1cccs1)C2. The summed E-state index contributed by atoms with van der Waals surface area (Å²) < 4.78 is 0. The summed E-state index contributed by atoms with van der Waals surface area (Å²) in [4.78, 5) is 23.0. The van der Waals surface area contributed by atoms with Gasteiger partial charge in [-0.3, -0.25) is 14.7 Å². The van der Waals surface area contributed by atoms with Crippen LogP contribution in [0.4, 0.5) is 0 Å². The van der Waals surface area contributed by atoms with Gasteiger partial charge in [0.05, 0.1) is 5.41 Å². The van der Waals surface area contributed by atoms with Gasteiger partial charge in [-0.25, -0.2) is 0 Å². The molecule has 4 rings (SSSR count). The number of nitrogens with zero attached hydrogens (tertiary/aromatic N) is 3. The lowest BCUT2D eigenvalue weighted by Crippen LogP contribution is -2.36. The summed E-state index contributed by atoms with van der Waals surface area (Å²) in [5, 5.41) is 2.12. The standard InChI is InChI=1S/C18H21N3OS/c22-17-18(5-8-20(14-18)13-16-4-2-10-23-16)6-9-21(17)12-15-3-1-7-19-11-15/h1-4,7,10-11H,5-6,8-9,12-14H2/t18-/m0/s1. The van der Waals surface area contributed by atoms with Gasteiger partial charge >= 0.3 is 0 Å². The first-order chi connectivity index (χ1) is 11.3. The molecule has 1 atom stereocenters. The molecule has 0 N–H and O–H groups in total. The third-order valence-electron chi connectivity index (χ3n) is 5.09. The van der Waals surface area contributed by atoms with Gasteiger partial charge in [-0.15, -0.1) is 11.3 Å². The second-order valence-corrected chi connectivity index (χ2v) is 7.69. The van der Waals surface area contributed by atoms with Crippen molar-refractivity contribution in [3.63, 3.8) is 0 Å². The molecule has 0 bridgehead atoms. The van der Waals surface area contributed by atoms with Crippen molar-refractivity contribution in [2.24, 2.45) is 5.41 Å². The maximum Gasteiger partial charge on any atom is 0.230 e. The number of amides is 1. The van der Waals surface area contributed by atoms with E-state index >= 15 is 0 Å². The number of likely N-dealkylation sites (tertiary alicyclic amines) is 2. The zero-order valence-electron chi connectivity index (χ0n) is 13.1. The van der Waals surface area contributed by atoms with Crippen LogP contribution >= 0.6 is 11.3 Å². The lowest BCUT2D eigenvalue weighted by Gasteiger charge is -2.23. The summed E-state index contributed by atoms with van der Waals surface area (Å²) >= 11 is 1.80. The average molecular weight is 327 g/mol. The highest BCUT2D eigenvalue weighted by Crippen LogP contribution is 2.41. The maximum atomic E-state index is 13.0. The third kappa shape index (κ3) is 2.91. The number of rotatable bonds is 4. The van der Waals surface area contributed by atoms with Crippen molar-refractivity contribution in [1.29, 1.82) is 0 Å². The molecule has 0 unspecified atom stereocenters. The second-order valence-electron chi connectivity index (χ2n) is 6.66. The molecule has 2 saturated heterocycles. The Labute approximate surface area is 140 Å². The first-order valence-corrected chi connectivity index (χ1v) is 9.06. The van der Waals surface area contributed by atoms with Crippen molar-refractivity contribution in [3.8, 4) is 0 Å². The van der Waals surface area contributed by atoms with Crippen LogP contribution in [0.1, 0.15) is 23.3 Å². The van der Waals surface area contributed by atoms with Gasteiger partial charge < -0.3 is 4.90 Å². The molecular formula is C18H21N3OS. The Balaban J connectivity index is 1.41. The molecule has 0 aromatic carbocycles. The molecule has 1 amide bonds. The number of hydrogen-bond donors (Lipinski definition) is 0. The summed E-state index contributed by atoms with van der Waals surface area (Å²) in [5.41, 5.74) is 0.978. The first kappa shape index (κ1) is 14.8. The lowest BCUT2D eigenvalue weighted by molar-refractivity contribution is -0.136. The Hall–Kier alpha value is -1.72. The summed E-state index contributed by atoms with van der Waals surface area (Å²) in [7, 11) is 0. The molecule has 4 heterocycles. The van der Waals surface area contributed by atoms with Crippen LogP contribution in [0.25, 0.3) is 0 Å². The highest BCUT2D eigenvalue weighted by atomic mass is 32.1. The van der Waals surface area contributed by atoms with Gasteiger partial charge in [-0.1, -0.05) is 12.1 Å². The molecular weight excluding hydrogens is 306 g/mol. The number of carbonyl (C=O) groups excluding carboxylic acids is 1. The number of hydrogen-bond acceptors (Lipinski definition) is 4. The topological polar surface area (TPSA) is 36.4 Å². The van der Waals surface area contributed by atoms with Crippen molar-refractivity contribution in [2.45, 2.75) is 25.9 Å². The summed E-state index contributed by atoms with van der Waals surface area (Å²) in [6, 6.07) is 8.26. The van der Waals surface area contributed by atoms with Gasteiger partial charge in [-0.05, 0) is 42.5 Å². The Morgan fingerprint density at radius 3 is 2.87 bits per heavy atom. The van der Waals surface area contributed by atoms with Gasteiger partial charge in [0.15, 0.2) is 0 Å². The Bertz CT molecular complexity index is 673. The van der Waals surface area contributed by atoms with E-state index in [1.807, 2.05) is 23.2 Å². The van der Waals surface area contributed by atoms with Gasteiger partial charge in [0, 0.05) is 43.4 Å². The quantitative estimate of drug-likeness (QED) is 0.866. The molecule has 4 nitrogen and oxygen atoms in total. The molecule has 120 valence electrons. The van der Waals surface area contributed by atoms with Crippen LogP contribution in [0.5, 0.6) is 0 Å². The summed E-state index contributed by atoms with van der Waals surface area (Å²) in [6.45, 7) is 4.49. The van der Waals surface area contributed by atoms with Crippen LogP contribution in [-0.2, 0) is 17.9 Å². The predicted molar refractivity (Wildman–Crippen MR) is 90.9 cm³/mol. The number of carbonyl (C=O) groups is 1. The molecule has 5 heteroatoms. The van der Waals surface area contributed by atoms with Gasteiger partial charge in [0.1, 0.15) is 0 Å². The van der Waals surface area contributed by atoms with E-state index in [2.05, 4.69) is 27.4 Å². The van der Waals surface area contributed by atoms with E-state index in [9.17, 15) is 4.79 Å². The molecule has 23 heavy (non-hydrogen) atoms. The molecule has 2 aromatic heterocycles. The third-order valence-corrected chi connectivity index (χ3v) is 5.95. The zero-order chi connectivity index (χ0) is 15.7. The minimum atomic E-state index is -0.139. The van der Waals surface area contributed by atoms with E-state index in [1.54, 1.807) is 17.5 Å². The van der Waals surface area contributed by atoms with Crippen molar-refractivity contribution in [1.82, 2.24) is 14.8 Å². The Kier molecular flexibility index (Phi) is 3.91. The van der Waals surface area contributed by atoms with Crippen LogP contribution in [0.15, 0.2) is 42.0 Å². The molecule has 1 spiro atoms. The fraction of sp³-hybridized carbons (Fsp3) is 0.444. The molecule has 0 radical (unpaired) electrons. The molecule has 0 aliphatic carbocycles. The first-order valence-electron chi connectivity index (χ1n) is 8.18. The van der Waals surface area contributed by atoms with Gasteiger partial charge in [0.25, 0.3) is 0 Å². The normalized spacial score (nSPS) is 24.9. The van der Waals surface area contributed by atoms with Crippen LogP contribution < -0.4 is 0 Å². The minimum Gasteiger partial charge on any atom is -0.338 e. The van der Waals surface area contributed by atoms with E-state index in [4.69, 9.17) is 0 Å². The lowest BCUT2D eigenvalue weighted by atomic mass is 9.85. The van der Waals surface area contributed by atoms with Crippen LogP contribution in [0.3, 0.4) is 0 Å². The fourth-order valence-electron chi connectivity index (χ4n) is 3.85.